The van der Waals surface area contributed by atoms with Crippen molar-refractivity contribution in [2.24, 2.45) is 30.4 Å². The summed E-state index contributed by atoms with van der Waals surface area (Å²) in [5.74, 6) is -4.24. The van der Waals surface area contributed by atoms with E-state index < -0.39 is 128 Å². The molecule has 2 aliphatic carbocycles. The van der Waals surface area contributed by atoms with Crippen molar-refractivity contribution in [3.63, 3.8) is 0 Å². The standard InChI is InChI=1S/C38H32N8O17S4.4Na/c1-17-9-27(44-46-36-32(67(60,61)62)13-21-11-25(65(54,55)56)15-29(40-19(3)48)34(21)38(36)50)30(63-4)16-26(17)43-41-22-5-7-23(8-6-22)42-45-35-31(66(57,58)59)12-20-10-24(64(51,52)53)14-28(39-18(2)47)33(20)37(35)49;;;;/h5-16,42,44H,1-4H3,(H,39,47)(H,40,48)(H,51,52,53)(H,54,55,56)(H,57,58,59)(H,60,61,62);;;;/q;4*+1/p-4/b43-41?,45-35+,46-36+;;;;. The van der Waals surface area contributed by atoms with Gasteiger partial charge in [0.15, 0.2) is 11.4 Å². The quantitative estimate of drug-likeness (QED) is 0.0241. The van der Waals surface area contributed by atoms with Crippen LogP contribution in [0.3, 0.4) is 0 Å². The molecule has 0 heterocycles. The van der Waals surface area contributed by atoms with Crippen molar-refractivity contribution in [1.82, 2.24) is 0 Å². The molecule has 350 valence electrons. The molecule has 0 amide bonds. The van der Waals surface area contributed by atoms with E-state index in [0.29, 0.717) is 42.0 Å². The number of Topliss-reactive ketones (excluding diaryl/α,β-unsaturated/α-hetero) is 2. The Morgan fingerprint density at radius 1 is 0.606 bits per heavy atom. The monoisotopic (exact) mass is 1090 g/mol. The Morgan fingerprint density at radius 3 is 1.41 bits per heavy atom. The van der Waals surface area contributed by atoms with Gasteiger partial charge in [0.25, 0.3) is 20.2 Å². The fourth-order valence-electron chi connectivity index (χ4n) is 6.25. The average molecular weight is 1090 g/mol. The number of hydrazone groups is 2. The van der Waals surface area contributed by atoms with Gasteiger partial charge in [-0.05, 0) is 116 Å². The zero-order chi connectivity index (χ0) is 49.6. The van der Waals surface area contributed by atoms with Crippen molar-refractivity contribution >= 4 is 122 Å². The topological polar surface area (TPSA) is 411 Å². The van der Waals surface area contributed by atoms with Gasteiger partial charge in [0.1, 0.15) is 35.8 Å². The summed E-state index contributed by atoms with van der Waals surface area (Å²) in [4.78, 5) is 30.5. The normalized spacial score (nSPS) is 15.3. The number of hydrogen-bond acceptors (Lipinski definition) is 23. The van der Waals surface area contributed by atoms with E-state index in [1.165, 1.54) is 43.5 Å². The zero-order valence-electron chi connectivity index (χ0n) is 38.3. The van der Waals surface area contributed by atoms with Gasteiger partial charge in [0.05, 0.1) is 62.2 Å². The number of hydrogen-bond donors (Lipinski definition) is 4. The van der Waals surface area contributed by atoms with E-state index in [1.807, 2.05) is 0 Å². The van der Waals surface area contributed by atoms with Crippen LogP contribution in [0, 0.1) is 6.92 Å². The van der Waals surface area contributed by atoms with E-state index in [0.717, 1.165) is 13.8 Å². The van der Waals surface area contributed by atoms with E-state index in [1.54, 1.807) is 6.92 Å². The second kappa shape index (κ2) is 24.8. The first-order valence-corrected chi connectivity index (χ1v) is 23.9. The van der Waals surface area contributed by atoms with Gasteiger partial charge in [-0.2, -0.15) is 37.3 Å². The van der Waals surface area contributed by atoms with Crippen LogP contribution in [0.25, 0.3) is 12.2 Å². The van der Waals surface area contributed by atoms with Crippen LogP contribution in [-0.4, -0.2) is 93.8 Å². The third kappa shape index (κ3) is 15.1. The number of aryl methyl sites for hydroxylation is 1. The van der Waals surface area contributed by atoms with Crippen LogP contribution < -0.4 is 144 Å². The van der Waals surface area contributed by atoms with Crippen LogP contribution in [0.2, 0.25) is 0 Å². The number of benzene rings is 4. The summed E-state index contributed by atoms with van der Waals surface area (Å²) in [6.45, 7) is 3.51. The van der Waals surface area contributed by atoms with E-state index in [2.05, 4.69) is 41.3 Å². The number of carbonyl (C=O) groups is 2. The van der Waals surface area contributed by atoms with Gasteiger partial charge in [0, 0.05) is 6.07 Å². The van der Waals surface area contributed by atoms with Gasteiger partial charge in [-0.15, -0.1) is 0 Å². The smallest absolute Gasteiger partial charge is 0.862 e. The minimum atomic E-state index is -5.25. The number of carbonyl (C=O) groups excluding carboxylic acids is 2. The molecule has 0 spiro atoms. The van der Waals surface area contributed by atoms with Crippen molar-refractivity contribution in [2.75, 3.05) is 18.0 Å². The molecule has 0 saturated heterocycles. The zero-order valence-corrected chi connectivity index (χ0v) is 49.5. The summed E-state index contributed by atoms with van der Waals surface area (Å²) in [5, 5.41) is 39.8. The van der Waals surface area contributed by atoms with Crippen molar-refractivity contribution in [3.05, 3.63) is 98.3 Å². The minimum absolute atomic E-state index is 0. The molecule has 0 radical (unpaired) electrons. The third-order valence-corrected chi connectivity index (χ3v) is 12.5. The molecular weight excluding hydrogens is 1060 g/mol. The first-order chi connectivity index (χ1) is 31.1. The first kappa shape index (κ1) is 63.7. The molecule has 0 saturated carbocycles. The molecule has 0 fully saturated rings. The number of aliphatic imine (C=N–C) groups is 2. The van der Waals surface area contributed by atoms with E-state index in [9.17, 15) is 71.7 Å². The number of fused-ring (bicyclic) bond motifs is 2. The molecule has 2 aliphatic rings. The van der Waals surface area contributed by atoms with Gasteiger partial charge in [-0.3, -0.25) is 39.5 Å². The number of ketones is 2. The molecule has 4 aromatic rings. The Morgan fingerprint density at radius 2 is 1.03 bits per heavy atom. The summed E-state index contributed by atoms with van der Waals surface area (Å²) in [7, 11) is -19.6. The van der Waals surface area contributed by atoms with E-state index in [-0.39, 0.29) is 147 Å². The molecule has 0 unspecified atom stereocenters. The Hall–Kier alpha value is -3.38. The molecule has 0 atom stereocenters. The predicted octanol–water partition coefficient (Wildman–Crippen LogP) is -9.15. The number of anilines is 2. The number of methoxy groups -OCH3 is 1. The molecule has 0 bridgehead atoms. The second-order valence-electron chi connectivity index (χ2n) is 13.8. The summed E-state index contributed by atoms with van der Waals surface area (Å²) in [5.41, 5.74) is 1.05. The van der Waals surface area contributed by atoms with E-state index in [4.69, 9.17) is 4.74 Å². The SMILES string of the molecule is COc1cc(N=Nc2ccc(N/N=C3/C(=O)c4c(cc(S(=O)(=O)[O-])cc4N=C(C)[O-])C=C3S(=O)(=O)O)cc2)c(C)cc1N/N=C1/C(=O)c2c(cc(S(=O)(=O)[O-])cc2N=C(C)[O-])C=C1S(=O)(=O)O.[Na+].[Na+].[Na+].[Na+]. The largest absolute Gasteiger partial charge is 1.00 e. The van der Waals surface area contributed by atoms with Crippen LogP contribution in [0.15, 0.2) is 111 Å². The van der Waals surface area contributed by atoms with Crippen molar-refractivity contribution in [3.8, 4) is 5.75 Å². The van der Waals surface area contributed by atoms with Crippen LogP contribution in [-0.2, 0) is 40.5 Å². The Kier molecular flexibility index (Phi) is 22.2. The average Bonchev–Trinajstić information content (AvgIpc) is 3.20. The number of rotatable bonds is 13. The molecule has 0 aromatic heterocycles. The maximum absolute atomic E-state index is 13.7. The molecule has 33 heteroatoms. The molecule has 4 aromatic carbocycles. The number of ether oxygens (including phenoxy) is 1. The number of nitrogens with zero attached hydrogens (tertiary/aromatic N) is 6. The van der Waals surface area contributed by atoms with Crippen LogP contribution >= 0.6 is 0 Å². The van der Waals surface area contributed by atoms with Gasteiger partial charge in [-0.25, -0.2) is 16.8 Å². The molecular formula is C38H28N8Na4O17S4. The number of azo groups is 1. The van der Waals surface area contributed by atoms with E-state index >= 15 is 0 Å². The van der Waals surface area contributed by atoms with Crippen molar-refractivity contribution < 1.29 is 195 Å². The Balaban J connectivity index is 0.00000432. The number of nitrogens with one attached hydrogen (secondary N) is 2. The first-order valence-electron chi connectivity index (χ1n) is 18.2. The minimum Gasteiger partial charge on any atom is -0.862 e. The molecule has 6 rings (SSSR count). The van der Waals surface area contributed by atoms with Gasteiger partial charge >= 0.3 is 118 Å². The van der Waals surface area contributed by atoms with Gasteiger partial charge in [-0.1, -0.05) is 0 Å². The van der Waals surface area contributed by atoms with Crippen LogP contribution in [0.4, 0.5) is 34.1 Å². The van der Waals surface area contributed by atoms with Gasteiger partial charge < -0.3 is 24.1 Å². The maximum Gasteiger partial charge on any atom is 1.00 e. The summed E-state index contributed by atoms with van der Waals surface area (Å²) in [6.07, 6.45) is 1.36. The van der Waals surface area contributed by atoms with Crippen molar-refractivity contribution in [1.29, 1.82) is 0 Å². The third-order valence-electron chi connectivity index (χ3n) is 9.10. The molecule has 4 N–H and O–H groups in total. The van der Waals surface area contributed by atoms with Crippen LogP contribution in [0.5, 0.6) is 5.75 Å². The molecule has 71 heavy (non-hydrogen) atoms. The van der Waals surface area contributed by atoms with Gasteiger partial charge in [0.2, 0.25) is 11.6 Å². The van der Waals surface area contributed by atoms with Crippen LogP contribution in [0.1, 0.15) is 51.3 Å². The molecule has 25 nitrogen and oxygen atoms in total. The Bertz CT molecular complexity index is 3540. The summed E-state index contributed by atoms with van der Waals surface area (Å²) >= 11 is 0. The Labute approximate surface area is 493 Å². The predicted molar refractivity (Wildman–Crippen MR) is 233 cm³/mol. The summed E-state index contributed by atoms with van der Waals surface area (Å²) in [6, 6.07) is 11.0. The second-order valence-corrected chi connectivity index (χ2v) is 19.4. The summed E-state index contributed by atoms with van der Waals surface area (Å²) < 4.78 is 146. The number of allylic oxidation sites excluding steroid dienone is 2. The molecule has 0 aliphatic heterocycles. The fourth-order valence-corrected chi connectivity index (χ4v) is 8.62. The fraction of sp³-hybridized carbons (Fsp3) is 0.105. The maximum atomic E-state index is 13.7. The van der Waals surface area contributed by atoms with Crippen molar-refractivity contribution in [2.45, 2.75) is 30.6 Å².